The zero-order chi connectivity index (χ0) is 13.4. The first-order chi connectivity index (χ1) is 8.41. The predicted octanol–water partition coefficient (Wildman–Crippen LogP) is 2.34. The molecule has 0 aliphatic carbocycles. The van der Waals surface area contributed by atoms with E-state index in [-0.39, 0.29) is 16.8 Å². The molecule has 1 aromatic carbocycles. The molecule has 0 saturated carbocycles. The van der Waals surface area contributed by atoms with Crippen molar-refractivity contribution in [3.8, 4) is 17.0 Å². The quantitative estimate of drug-likeness (QED) is 0.845. The first-order valence-electron chi connectivity index (χ1n) is 5.27. The number of halogens is 2. The molecule has 0 bridgehead atoms. The summed E-state index contributed by atoms with van der Waals surface area (Å²) in [5, 5.41) is 9.08. The van der Waals surface area contributed by atoms with E-state index in [1.54, 1.807) is 6.92 Å². The van der Waals surface area contributed by atoms with Crippen molar-refractivity contribution in [1.29, 1.82) is 0 Å². The number of pyridine rings is 1. The fourth-order valence-electron chi connectivity index (χ4n) is 1.82. The van der Waals surface area contributed by atoms with Gasteiger partial charge in [0.25, 0.3) is 5.56 Å². The molecular formula is C13H11F2NO2. The van der Waals surface area contributed by atoms with Crippen LogP contribution in [0.3, 0.4) is 0 Å². The Morgan fingerprint density at radius 2 is 1.72 bits per heavy atom. The minimum absolute atomic E-state index is 0.126. The highest BCUT2D eigenvalue weighted by Gasteiger charge is 2.16. The Kier molecular flexibility index (Phi) is 2.90. The van der Waals surface area contributed by atoms with Crippen LogP contribution in [0.1, 0.15) is 5.56 Å². The SMILES string of the molecule is Cc1ccc(-c2c(F)cc(O)cc2F)n(C)c1=O. The highest BCUT2D eigenvalue weighted by atomic mass is 19.1. The Balaban J connectivity index is 2.78. The lowest BCUT2D eigenvalue weighted by Crippen LogP contribution is -2.20. The van der Waals surface area contributed by atoms with Gasteiger partial charge in [0.2, 0.25) is 0 Å². The van der Waals surface area contributed by atoms with Crippen molar-refractivity contribution in [2.45, 2.75) is 6.92 Å². The van der Waals surface area contributed by atoms with E-state index in [1.807, 2.05) is 0 Å². The van der Waals surface area contributed by atoms with Crippen molar-refractivity contribution in [2.75, 3.05) is 0 Å². The van der Waals surface area contributed by atoms with E-state index in [2.05, 4.69) is 0 Å². The summed E-state index contributed by atoms with van der Waals surface area (Å²) in [5.74, 6) is -2.32. The number of nitrogens with zero attached hydrogens (tertiary/aromatic N) is 1. The van der Waals surface area contributed by atoms with Crippen molar-refractivity contribution in [2.24, 2.45) is 7.05 Å². The third kappa shape index (κ3) is 1.88. The normalized spacial score (nSPS) is 10.7. The number of phenols is 1. The molecule has 0 spiro atoms. The molecule has 1 aromatic heterocycles. The average Bonchev–Trinajstić information content (AvgIpc) is 2.28. The summed E-state index contributed by atoms with van der Waals surface area (Å²) in [5.41, 5.74) is -0.0341. The molecule has 0 saturated heterocycles. The molecule has 0 amide bonds. The fourth-order valence-corrected chi connectivity index (χ4v) is 1.82. The average molecular weight is 251 g/mol. The predicted molar refractivity (Wildman–Crippen MR) is 63.4 cm³/mol. The number of phenolic OH excluding ortho intramolecular Hbond substituents is 1. The fraction of sp³-hybridized carbons (Fsp3) is 0.154. The van der Waals surface area contributed by atoms with Crippen molar-refractivity contribution >= 4 is 0 Å². The molecule has 0 radical (unpaired) electrons. The van der Waals surface area contributed by atoms with Gasteiger partial charge in [-0.1, -0.05) is 6.07 Å². The van der Waals surface area contributed by atoms with E-state index in [1.165, 1.54) is 23.7 Å². The summed E-state index contributed by atoms with van der Waals surface area (Å²) in [7, 11) is 1.44. The maximum absolute atomic E-state index is 13.7. The summed E-state index contributed by atoms with van der Waals surface area (Å²) < 4.78 is 28.6. The van der Waals surface area contributed by atoms with Gasteiger partial charge in [0.1, 0.15) is 17.4 Å². The van der Waals surface area contributed by atoms with Gasteiger partial charge in [0, 0.05) is 24.7 Å². The third-order valence-corrected chi connectivity index (χ3v) is 2.78. The van der Waals surface area contributed by atoms with E-state index in [4.69, 9.17) is 5.11 Å². The number of hydrogen-bond donors (Lipinski definition) is 1. The second-order valence-corrected chi connectivity index (χ2v) is 4.05. The van der Waals surface area contributed by atoms with Crippen LogP contribution in [0.5, 0.6) is 5.75 Å². The number of hydrogen-bond acceptors (Lipinski definition) is 2. The summed E-state index contributed by atoms with van der Waals surface area (Å²) in [6, 6.07) is 4.59. The molecule has 1 heterocycles. The van der Waals surface area contributed by atoms with Gasteiger partial charge in [0.05, 0.1) is 11.3 Å². The molecule has 1 N–H and O–H groups in total. The van der Waals surface area contributed by atoms with E-state index >= 15 is 0 Å². The van der Waals surface area contributed by atoms with Gasteiger partial charge in [-0.25, -0.2) is 8.78 Å². The van der Waals surface area contributed by atoms with Gasteiger partial charge in [-0.2, -0.15) is 0 Å². The topological polar surface area (TPSA) is 42.2 Å². The van der Waals surface area contributed by atoms with Crippen molar-refractivity contribution in [1.82, 2.24) is 4.57 Å². The maximum Gasteiger partial charge on any atom is 0.253 e. The van der Waals surface area contributed by atoms with Crippen LogP contribution in [0.15, 0.2) is 29.1 Å². The van der Waals surface area contributed by atoms with Crippen molar-refractivity contribution in [3.63, 3.8) is 0 Å². The molecule has 18 heavy (non-hydrogen) atoms. The van der Waals surface area contributed by atoms with E-state index in [0.717, 1.165) is 12.1 Å². The second kappa shape index (κ2) is 4.25. The van der Waals surface area contributed by atoms with E-state index in [9.17, 15) is 13.6 Å². The molecule has 0 aliphatic heterocycles. The minimum Gasteiger partial charge on any atom is -0.508 e. The van der Waals surface area contributed by atoms with Crippen molar-refractivity contribution < 1.29 is 13.9 Å². The summed E-state index contributed by atoms with van der Waals surface area (Å²) in [6.45, 7) is 1.62. The Morgan fingerprint density at radius 3 is 2.28 bits per heavy atom. The highest BCUT2D eigenvalue weighted by Crippen LogP contribution is 2.28. The molecule has 0 fully saturated rings. The van der Waals surface area contributed by atoms with Gasteiger partial charge >= 0.3 is 0 Å². The van der Waals surface area contributed by atoms with Crippen LogP contribution in [0, 0.1) is 18.6 Å². The van der Waals surface area contributed by atoms with Crippen LogP contribution in [0.25, 0.3) is 11.3 Å². The van der Waals surface area contributed by atoms with Gasteiger partial charge < -0.3 is 9.67 Å². The Labute approximate surface area is 102 Å². The largest absolute Gasteiger partial charge is 0.508 e. The molecule has 0 unspecified atom stereocenters. The Morgan fingerprint density at radius 1 is 1.17 bits per heavy atom. The number of aromatic nitrogens is 1. The molecule has 5 heteroatoms. The molecule has 0 aliphatic rings. The summed E-state index contributed by atoms with van der Waals surface area (Å²) in [6.07, 6.45) is 0. The number of aromatic hydroxyl groups is 1. The van der Waals surface area contributed by atoms with Crippen LogP contribution >= 0.6 is 0 Å². The summed E-state index contributed by atoms with van der Waals surface area (Å²) >= 11 is 0. The monoisotopic (exact) mass is 251 g/mol. The summed E-state index contributed by atoms with van der Waals surface area (Å²) in [4.78, 5) is 11.7. The Hall–Kier alpha value is -2.17. The number of rotatable bonds is 1. The molecule has 3 nitrogen and oxygen atoms in total. The van der Waals surface area contributed by atoms with Crippen LogP contribution in [0.4, 0.5) is 8.78 Å². The van der Waals surface area contributed by atoms with Crippen LogP contribution in [-0.2, 0) is 7.05 Å². The number of benzene rings is 1. The van der Waals surface area contributed by atoms with Crippen LogP contribution in [0.2, 0.25) is 0 Å². The standard InChI is InChI=1S/C13H11F2NO2/c1-7-3-4-11(16(2)13(7)18)12-9(14)5-8(17)6-10(12)15/h3-6,17H,1-2H3. The van der Waals surface area contributed by atoms with Gasteiger partial charge in [-0.05, 0) is 13.0 Å². The van der Waals surface area contributed by atoms with Crippen molar-refractivity contribution in [3.05, 3.63) is 51.8 Å². The zero-order valence-corrected chi connectivity index (χ0v) is 9.87. The lowest BCUT2D eigenvalue weighted by molar-refractivity contribution is 0.461. The Bertz CT molecular complexity index is 654. The molecule has 94 valence electrons. The smallest absolute Gasteiger partial charge is 0.253 e. The molecule has 2 rings (SSSR count). The van der Waals surface area contributed by atoms with Crippen LogP contribution in [-0.4, -0.2) is 9.67 Å². The van der Waals surface area contributed by atoms with Gasteiger partial charge in [0.15, 0.2) is 0 Å². The van der Waals surface area contributed by atoms with E-state index in [0.29, 0.717) is 5.56 Å². The maximum atomic E-state index is 13.7. The molecular weight excluding hydrogens is 240 g/mol. The highest BCUT2D eigenvalue weighted by molar-refractivity contribution is 5.62. The lowest BCUT2D eigenvalue weighted by atomic mass is 10.1. The zero-order valence-electron chi connectivity index (χ0n) is 9.87. The first-order valence-corrected chi connectivity index (χ1v) is 5.27. The van der Waals surface area contributed by atoms with Crippen LogP contribution < -0.4 is 5.56 Å². The van der Waals surface area contributed by atoms with Gasteiger partial charge in [-0.3, -0.25) is 4.79 Å². The second-order valence-electron chi connectivity index (χ2n) is 4.05. The van der Waals surface area contributed by atoms with E-state index < -0.39 is 17.4 Å². The first kappa shape index (κ1) is 12.3. The van der Waals surface area contributed by atoms with Gasteiger partial charge in [-0.15, -0.1) is 0 Å². The lowest BCUT2D eigenvalue weighted by Gasteiger charge is -2.11. The number of aryl methyl sites for hydroxylation is 1. The molecule has 2 aromatic rings. The third-order valence-electron chi connectivity index (χ3n) is 2.78. The minimum atomic E-state index is -0.911. The molecule has 0 atom stereocenters.